The summed E-state index contributed by atoms with van der Waals surface area (Å²) in [6.07, 6.45) is 1.73. The lowest BCUT2D eigenvalue weighted by molar-refractivity contribution is -0.115. The highest BCUT2D eigenvalue weighted by atomic mass is 32.2. The summed E-state index contributed by atoms with van der Waals surface area (Å²) in [6, 6.07) is 23.6. The lowest BCUT2D eigenvalue weighted by Crippen LogP contribution is -2.22. The molecule has 0 bridgehead atoms. The van der Waals surface area contributed by atoms with E-state index in [2.05, 4.69) is 10.3 Å². The lowest BCUT2D eigenvalue weighted by atomic mass is 10.0. The summed E-state index contributed by atoms with van der Waals surface area (Å²) in [6.45, 7) is 1.89. The second kappa shape index (κ2) is 7.79. The van der Waals surface area contributed by atoms with Crippen molar-refractivity contribution in [3.8, 4) is 11.1 Å². The first kappa shape index (κ1) is 16.3. The molecule has 0 aliphatic rings. The smallest absolute Gasteiger partial charge is 0.237 e. The van der Waals surface area contributed by atoms with Gasteiger partial charge in [-0.3, -0.25) is 4.79 Å². The van der Waals surface area contributed by atoms with Crippen LogP contribution in [0.15, 0.2) is 84.0 Å². The molecule has 1 unspecified atom stereocenters. The normalized spacial score (nSPS) is 11.7. The van der Waals surface area contributed by atoms with Crippen LogP contribution < -0.4 is 5.32 Å². The zero-order valence-electron chi connectivity index (χ0n) is 13.3. The Balaban J connectivity index is 1.75. The number of benzene rings is 2. The van der Waals surface area contributed by atoms with Crippen molar-refractivity contribution in [2.24, 2.45) is 0 Å². The van der Waals surface area contributed by atoms with Gasteiger partial charge in [-0.25, -0.2) is 4.98 Å². The predicted molar refractivity (Wildman–Crippen MR) is 100 cm³/mol. The van der Waals surface area contributed by atoms with Gasteiger partial charge < -0.3 is 5.32 Å². The number of amides is 1. The molecule has 3 aromatic rings. The molecule has 0 radical (unpaired) electrons. The third-order valence-corrected chi connectivity index (χ3v) is 4.62. The maximum absolute atomic E-state index is 12.5. The van der Waals surface area contributed by atoms with E-state index >= 15 is 0 Å². The molecule has 0 aliphatic carbocycles. The molecule has 2 aromatic carbocycles. The highest BCUT2D eigenvalue weighted by Gasteiger charge is 2.16. The summed E-state index contributed by atoms with van der Waals surface area (Å²) in [7, 11) is 0. The molecule has 0 fully saturated rings. The fourth-order valence-corrected chi connectivity index (χ4v) is 3.15. The Morgan fingerprint density at radius 1 is 0.958 bits per heavy atom. The number of nitrogens with zero attached hydrogens (tertiary/aromatic N) is 1. The number of para-hydroxylation sites is 1. The summed E-state index contributed by atoms with van der Waals surface area (Å²) in [5.41, 5.74) is 2.92. The van der Waals surface area contributed by atoms with Crippen LogP contribution in [-0.4, -0.2) is 16.1 Å². The van der Waals surface area contributed by atoms with E-state index < -0.39 is 0 Å². The lowest BCUT2D eigenvalue weighted by Gasteiger charge is -2.14. The van der Waals surface area contributed by atoms with Crippen LogP contribution in [0.25, 0.3) is 11.1 Å². The van der Waals surface area contributed by atoms with Gasteiger partial charge in [0.05, 0.1) is 10.3 Å². The van der Waals surface area contributed by atoms with Gasteiger partial charge in [-0.2, -0.15) is 0 Å². The van der Waals surface area contributed by atoms with Gasteiger partial charge >= 0.3 is 0 Å². The number of thioether (sulfide) groups is 1. The van der Waals surface area contributed by atoms with E-state index in [0.717, 1.165) is 21.8 Å². The molecular weight excluding hydrogens is 316 g/mol. The number of anilines is 1. The average Bonchev–Trinajstić information content (AvgIpc) is 2.63. The first-order chi connectivity index (χ1) is 11.7. The zero-order valence-corrected chi connectivity index (χ0v) is 14.2. The van der Waals surface area contributed by atoms with E-state index in [0.29, 0.717) is 0 Å². The molecule has 0 saturated carbocycles. The maximum Gasteiger partial charge on any atom is 0.237 e. The molecule has 1 atom stereocenters. The standard InChI is InChI=1S/C20H18N2OS/c1-15(24-19-13-7-8-14-21-19)20(23)22-18-12-6-5-11-17(18)16-9-3-2-4-10-16/h2-15H,1H3,(H,22,23). The van der Waals surface area contributed by atoms with E-state index in [1.165, 1.54) is 11.8 Å². The minimum Gasteiger partial charge on any atom is -0.325 e. The van der Waals surface area contributed by atoms with Crippen molar-refractivity contribution >= 4 is 23.4 Å². The minimum absolute atomic E-state index is 0.0333. The molecule has 0 aliphatic heterocycles. The molecule has 1 amide bonds. The Bertz CT molecular complexity index is 806. The molecule has 1 aromatic heterocycles. The van der Waals surface area contributed by atoms with E-state index in [1.54, 1.807) is 6.20 Å². The molecule has 3 rings (SSSR count). The van der Waals surface area contributed by atoms with Gasteiger partial charge in [0, 0.05) is 17.4 Å². The second-order valence-electron chi connectivity index (χ2n) is 5.33. The number of nitrogens with one attached hydrogen (secondary N) is 1. The van der Waals surface area contributed by atoms with Crippen LogP contribution in [-0.2, 0) is 4.79 Å². The van der Waals surface area contributed by atoms with Gasteiger partial charge in [0.2, 0.25) is 5.91 Å². The third-order valence-electron chi connectivity index (χ3n) is 3.57. The number of rotatable bonds is 5. The topological polar surface area (TPSA) is 42.0 Å². The first-order valence-corrected chi connectivity index (χ1v) is 8.65. The zero-order chi connectivity index (χ0) is 16.8. The van der Waals surface area contributed by atoms with E-state index in [1.807, 2.05) is 79.7 Å². The van der Waals surface area contributed by atoms with Crippen LogP contribution in [0.2, 0.25) is 0 Å². The number of hydrogen-bond donors (Lipinski definition) is 1. The Hall–Kier alpha value is -2.59. The highest BCUT2D eigenvalue weighted by molar-refractivity contribution is 8.00. The molecule has 0 saturated heterocycles. The molecule has 0 spiro atoms. The average molecular weight is 334 g/mol. The SMILES string of the molecule is CC(Sc1ccccn1)C(=O)Nc1ccccc1-c1ccccc1. The highest BCUT2D eigenvalue weighted by Crippen LogP contribution is 2.29. The summed E-state index contributed by atoms with van der Waals surface area (Å²) in [5, 5.41) is 3.65. The van der Waals surface area contributed by atoms with Crippen molar-refractivity contribution in [1.29, 1.82) is 0 Å². The van der Waals surface area contributed by atoms with Gasteiger partial charge in [0.15, 0.2) is 0 Å². The van der Waals surface area contributed by atoms with Gasteiger partial charge in [-0.15, -0.1) is 0 Å². The Morgan fingerprint density at radius 3 is 2.42 bits per heavy atom. The van der Waals surface area contributed by atoms with Gasteiger partial charge in [-0.1, -0.05) is 66.4 Å². The minimum atomic E-state index is -0.233. The molecule has 3 nitrogen and oxygen atoms in total. The molecule has 1 N–H and O–H groups in total. The van der Waals surface area contributed by atoms with Crippen LogP contribution in [0.3, 0.4) is 0 Å². The number of hydrogen-bond acceptors (Lipinski definition) is 3. The fraction of sp³-hybridized carbons (Fsp3) is 0.100. The Morgan fingerprint density at radius 2 is 1.67 bits per heavy atom. The van der Waals surface area contributed by atoms with Crippen molar-refractivity contribution in [1.82, 2.24) is 4.98 Å². The number of pyridine rings is 1. The van der Waals surface area contributed by atoms with Crippen molar-refractivity contribution in [3.05, 3.63) is 79.0 Å². The van der Waals surface area contributed by atoms with Crippen LogP contribution >= 0.6 is 11.8 Å². The van der Waals surface area contributed by atoms with E-state index in [-0.39, 0.29) is 11.2 Å². The van der Waals surface area contributed by atoms with E-state index in [4.69, 9.17) is 0 Å². The van der Waals surface area contributed by atoms with Crippen LogP contribution in [0.4, 0.5) is 5.69 Å². The number of carbonyl (C=O) groups is 1. The number of carbonyl (C=O) groups excluding carboxylic acids is 1. The summed E-state index contributed by atoms with van der Waals surface area (Å²) in [5.74, 6) is -0.0333. The molecule has 24 heavy (non-hydrogen) atoms. The molecule has 1 heterocycles. The Kier molecular flexibility index (Phi) is 5.29. The molecule has 4 heteroatoms. The summed E-state index contributed by atoms with van der Waals surface area (Å²) in [4.78, 5) is 16.8. The van der Waals surface area contributed by atoms with Crippen molar-refractivity contribution in [2.45, 2.75) is 17.2 Å². The predicted octanol–water partition coefficient (Wildman–Crippen LogP) is 4.87. The van der Waals surface area contributed by atoms with Gasteiger partial charge in [0.25, 0.3) is 0 Å². The Labute approximate surface area is 146 Å². The van der Waals surface area contributed by atoms with Crippen LogP contribution in [0, 0.1) is 0 Å². The summed E-state index contributed by atoms with van der Waals surface area (Å²) < 4.78 is 0. The largest absolute Gasteiger partial charge is 0.325 e. The van der Waals surface area contributed by atoms with Crippen molar-refractivity contribution in [3.63, 3.8) is 0 Å². The molecular formula is C20H18N2OS. The van der Waals surface area contributed by atoms with Crippen LogP contribution in [0.5, 0.6) is 0 Å². The van der Waals surface area contributed by atoms with Gasteiger partial charge in [0.1, 0.15) is 0 Å². The number of aromatic nitrogens is 1. The van der Waals surface area contributed by atoms with Crippen molar-refractivity contribution < 1.29 is 4.79 Å². The maximum atomic E-state index is 12.5. The third kappa shape index (κ3) is 4.03. The monoisotopic (exact) mass is 334 g/mol. The summed E-state index contributed by atoms with van der Waals surface area (Å²) >= 11 is 1.45. The van der Waals surface area contributed by atoms with Gasteiger partial charge in [-0.05, 0) is 30.7 Å². The fourth-order valence-electron chi connectivity index (χ4n) is 2.35. The van der Waals surface area contributed by atoms with Crippen molar-refractivity contribution in [2.75, 3.05) is 5.32 Å². The van der Waals surface area contributed by atoms with E-state index in [9.17, 15) is 4.79 Å². The molecule has 120 valence electrons. The van der Waals surface area contributed by atoms with Crippen LogP contribution in [0.1, 0.15) is 6.92 Å². The quantitative estimate of drug-likeness (QED) is 0.677. The second-order valence-corrected chi connectivity index (χ2v) is 6.69. The first-order valence-electron chi connectivity index (χ1n) is 7.77.